The molecule has 0 heterocycles. The number of esters is 1. The number of hydrogen-bond donors (Lipinski definition) is 0. The van der Waals surface area contributed by atoms with E-state index in [1.54, 1.807) is 22.6 Å². The van der Waals surface area contributed by atoms with Crippen LogP contribution in [0.1, 0.15) is 13.3 Å². The normalized spacial score (nSPS) is 12.1. The van der Waals surface area contributed by atoms with Crippen molar-refractivity contribution in [1.82, 2.24) is 0 Å². The van der Waals surface area contributed by atoms with Gasteiger partial charge in [0.1, 0.15) is 5.71 Å². The van der Waals surface area contributed by atoms with Crippen molar-refractivity contribution in [3.8, 4) is 0 Å². The van der Waals surface area contributed by atoms with E-state index in [1.165, 1.54) is 6.92 Å². The number of ether oxygens (including phenoxy) is 1. The van der Waals surface area contributed by atoms with Gasteiger partial charge in [0.15, 0.2) is 0 Å². The van der Waals surface area contributed by atoms with Gasteiger partial charge in [-0.3, -0.25) is 14.9 Å². The van der Waals surface area contributed by atoms with Gasteiger partial charge in [-0.1, -0.05) is 0 Å². The Bertz CT molecular complexity index is 617. The first-order valence-corrected chi connectivity index (χ1v) is 6.97. The van der Waals surface area contributed by atoms with Crippen LogP contribution < -0.4 is 0 Å². The lowest BCUT2D eigenvalue weighted by Crippen LogP contribution is -2.26. The van der Waals surface area contributed by atoms with Crippen molar-refractivity contribution >= 4 is 45.6 Å². The first kappa shape index (κ1) is 18.3. The Hall–Kier alpha value is -1.72. The molecule has 0 spiro atoms. The largest absolute Gasteiger partial charge is 0.466 e. The minimum atomic E-state index is -4.81. The fourth-order valence-corrected chi connectivity index (χ4v) is 2.02. The lowest BCUT2D eigenvalue weighted by Gasteiger charge is -2.10. The van der Waals surface area contributed by atoms with Crippen LogP contribution in [-0.4, -0.2) is 29.4 Å². The lowest BCUT2D eigenvalue weighted by molar-refractivity contribution is -0.384. The van der Waals surface area contributed by atoms with Gasteiger partial charge >= 0.3 is 12.1 Å². The van der Waals surface area contributed by atoms with E-state index in [-0.39, 0.29) is 21.6 Å². The van der Waals surface area contributed by atoms with Gasteiger partial charge in [0.05, 0.1) is 23.6 Å². The molecule has 0 aliphatic rings. The topological polar surface area (TPSA) is 81.8 Å². The van der Waals surface area contributed by atoms with Crippen LogP contribution in [0.3, 0.4) is 0 Å². The zero-order valence-electron chi connectivity index (χ0n) is 11.2. The highest BCUT2D eigenvalue weighted by Gasteiger charge is 2.37. The van der Waals surface area contributed by atoms with E-state index in [9.17, 15) is 28.1 Å². The highest BCUT2D eigenvalue weighted by molar-refractivity contribution is 14.1. The summed E-state index contributed by atoms with van der Waals surface area (Å²) in [4.78, 5) is 24.6. The summed E-state index contributed by atoms with van der Waals surface area (Å²) in [5, 5.41) is 10.6. The van der Waals surface area contributed by atoms with E-state index in [4.69, 9.17) is 0 Å². The fraction of sp³-hybridized carbons (Fsp3) is 0.333. The van der Waals surface area contributed by atoms with Crippen molar-refractivity contribution < 1.29 is 27.6 Å². The molecule has 0 aliphatic carbocycles. The minimum Gasteiger partial charge on any atom is -0.466 e. The van der Waals surface area contributed by atoms with E-state index in [2.05, 4.69) is 9.73 Å². The standard InChI is InChI=1S/C12H10F3IN2O4/c1-2-22-11(19)6-10(12(13,14)15)17-9-4-3-7(18(20)21)5-8(9)16/h3-5H,2,6H2,1H3. The Morgan fingerprint density at radius 1 is 1.45 bits per heavy atom. The molecular weight excluding hydrogens is 420 g/mol. The first-order chi connectivity index (χ1) is 10.1. The van der Waals surface area contributed by atoms with Gasteiger partial charge < -0.3 is 4.74 Å². The molecule has 0 radical (unpaired) electrons. The third kappa shape index (κ3) is 5.24. The maximum absolute atomic E-state index is 12.9. The van der Waals surface area contributed by atoms with Crippen LogP contribution in [0, 0.1) is 13.7 Å². The molecule has 1 aromatic carbocycles. The summed E-state index contributed by atoms with van der Waals surface area (Å²) < 4.78 is 43.3. The van der Waals surface area contributed by atoms with Crippen molar-refractivity contribution in [3.63, 3.8) is 0 Å². The number of alkyl halides is 3. The Morgan fingerprint density at radius 2 is 2.09 bits per heavy atom. The highest BCUT2D eigenvalue weighted by atomic mass is 127. The van der Waals surface area contributed by atoms with Crippen molar-refractivity contribution in [2.45, 2.75) is 19.5 Å². The second-order valence-corrected chi connectivity index (χ2v) is 5.09. The van der Waals surface area contributed by atoms with E-state index in [1.807, 2.05) is 0 Å². The monoisotopic (exact) mass is 430 g/mol. The van der Waals surface area contributed by atoms with Gasteiger partial charge in [-0.2, -0.15) is 13.2 Å². The predicted octanol–water partition coefficient (Wildman–Crippen LogP) is 3.79. The minimum absolute atomic E-state index is 0.0426. The molecule has 1 rings (SSSR count). The van der Waals surface area contributed by atoms with Gasteiger partial charge in [0.25, 0.3) is 5.69 Å². The summed E-state index contributed by atoms with van der Waals surface area (Å²) in [5.41, 5.74) is -1.69. The average Bonchev–Trinajstić information content (AvgIpc) is 2.39. The van der Waals surface area contributed by atoms with Crippen LogP contribution in [0.2, 0.25) is 0 Å². The van der Waals surface area contributed by atoms with E-state index >= 15 is 0 Å². The highest BCUT2D eigenvalue weighted by Crippen LogP contribution is 2.29. The smallest absolute Gasteiger partial charge is 0.430 e. The molecule has 0 N–H and O–H groups in total. The number of non-ortho nitro benzene ring substituents is 1. The number of aliphatic imine (C=N–C) groups is 1. The Kier molecular flexibility index (Phi) is 6.26. The van der Waals surface area contributed by atoms with Crippen LogP contribution in [0.25, 0.3) is 0 Å². The molecular formula is C12H10F3IN2O4. The molecule has 0 fully saturated rings. The Labute approximate surface area is 136 Å². The summed E-state index contributed by atoms with van der Waals surface area (Å²) in [6.07, 6.45) is -5.83. The van der Waals surface area contributed by atoms with Crippen LogP contribution >= 0.6 is 22.6 Å². The molecule has 0 saturated heterocycles. The molecule has 0 aliphatic heterocycles. The van der Waals surface area contributed by atoms with Gasteiger partial charge in [-0.15, -0.1) is 0 Å². The molecule has 6 nitrogen and oxygen atoms in total. The fourth-order valence-electron chi connectivity index (χ4n) is 1.40. The van der Waals surface area contributed by atoms with Crippen molar-refractivity contribution in [3.05, 3.63) is 31.9 Å². The van der Waals surface area contributed by atoms with Crippen LogP contribution in [0.15, 0.2) is 23.2 Å². The number of benzene rings is 1. The SMILES string of the molecule is CCOC(=O)CC(=Nc1ccc([N+](=O)[O-])cc1I)C(F)(F)F. The van der Waals surface area contributed by atoms with Gasteiger partial charge in [0, 0.05) is 15.7 Å². The summed E-state index contributed by atoms with van der Waals surface area (Å²) in [6.45, 7) is 1.43. The third-order valence-corrected chi connectivity index (χ3v) is 3.21. The van der Waals surface area contributed by atoms with Crippen LogP contribution in [-0.2, 0) is 9.53 Å². The van der Waals surface area contributed by atoms with Gasteiger partial charge in [0.2, 0.25) is 0 Å². The Balaban J connectivity index is 3.17. The van der Waals surface area contributed by atoms with E-state index < -0.39 is 29.2 Å². The molecule has 0 aromatic heterocycles. The second kappa shape index (κ2) is 7.51. The molecule has 0 amide bonds. The number of carbonyl (C=O) groups is 1. The molecule has 0 atom stereocenters. The first-order valence-electron chi connectivity index (χ1n) is 5.89. The number of nitro benzene ring substituents is 1. The quantitative estimate of drug-likeness (QED) is 0.234. The average molecular weight is 430 g/mol. The maximum atomic E-state index is 12.9. The second-order valence-electron chi connectivity index (χ2n) is 3.93. The number of carbonyl (C=O) groups excluding carboxylic acids is 1. The van der Waals surface area contributed by atoms with Crippen molar-refractivity contribution in [2.24, 2.45) is 4.99 Å². The summed E-state index contributed by atoms with van der Waals surface area (Å²) in [6, 6.07) is 3.23. The molecule has 22 heavy (non-hydrogen) atoms. The van der Waals surface area contributed by atoms with Crippen LogP contribution in [0.4, 0.5) is 24.5 Å². The van der Waals surface area contributed by atoms with Crippen LogP contribution in [0.5, 0.6) is 0 Å². The number of nitrogens with zero attached hydrogens (tertiary/aromatic N) is 2. The number of halogens is 4. The van der Waals surface area contributed by atoms with E-state index in [0.717, 1.165) is 18.2 Å². The molecule has 0 saturated carbocycles. The molecule has 0 unspecified atom stereocenters. The van der Waals surface area contributed by atoms with Crippen molar-refractivity contribution in [1.29, 1.82) is 0 Å². The zero-order valence-corrected chi connectivity index (χ0v) is 13.3. The van der Waals surface area contributed by atoms with Crippen molar-refractivity contribution in [2.75, 3.05) is 6.61 Å². The maximum Gasteiger partial charge on any atom is 0.430 e. The Morgan fingerprint density at radius 3 is 2.55 bits per heavy atom. The summed E-state index contributed by atoms with van der Waals surface area (Å²) in [7, 11) is 0. The third-order valence-electron chi connectivity index (χ3n) is 2.34. The number of nitro groups is 1. The molecule has 10 heteroatoms. The number of rotatable bonds is 5. The summed E-state index contributed by atoms with van der Waals surface area (Å²) >= 11 is 1.64. The lowest BCUT2D eigenvalue weighted by atomic mass is 10.2. The summed E-state index contributed by atoms with van der Waals surface area (Å²) in [5.74, 6) is -1.05. The molecule has 0 bridgehead atoms. The predicted molar refractivity (Wildman–Crippen MR) is 80.2 cm³/mol. The van der Waals surface area contributed by atoms with Gasteiger partial charge in [-0.25, -0.2) is 4.99 Å². The molecule has 1 aromatic rings. The van der Waals surface area contributed by atoms with Gasteiger partial charge in [-0.05, 0) is 35.6 Å². The zero-order chi connectivity index (χ0) is 16.9. The number of hydrogen-bond acceptors (Lipinski definition) is 5. The molecule has 120 valence electrons. The van der Waals surface area contributed by atoms with E-state index in [0.29, 0.717) is 0 Å².